The van der Waals surface area contributed by atoms with Crippen LogP contribution in [-0.4, -0.2) is 31.9 Å². The average molecular weight is 406 g/mol. The molecule has 0 aliphatic heterocycles. The highest BCUT2D eigenvalue weighted by Gasteiger charge is 2.18. The minimum atomic E-state index is -0.483. The maximum atomic E-state index is 12.7. The van der Waals surface area contributed by atoms with Gasteiger partial charge < -0.3 is 4.98 Å². The van der Waals surface area contributed by atoms with Crippen molar-refractivity contribution in [2.45, 2.75) is 0 Å². The fraction of sp³-hybridized carbons (Fsp3) is 0. The number of nitrogens with one attached hydrogen (secondary N) is 2. The zero-order valence-corrected chi connectivity index (χ0v) is 16.4. The Morgan fingerprint density at radius 1 is 0.935 bits per heavy atom. The molecule has 2 aromatic heterocycles. The molecule has 1 amide bonds. The third-order valence-corrected chi connectivity index (χ3v) is 4.83. The fourth-order valence-electron chi connectivity index (χ4n) is 3.34. The van der Waals surface area contributed by atoms with Crippen LogP contribution in [0.5, 0.6) is 0 Å². The second-order valence-corrected chi connectivity index (χ2v) is 6.86. The van der Waals surface area contributed by atoms with E-state index in [0.29, 0.717) is 5.82 Å². The van der Waals surface area contributed by atoms with Gasteiger partial charge in [-0.25, -0.2) is 15.1 Å². The SMILES string of the molecule is O=C(NN=Cc1c[nH]c2ccccc12)c1nc(-c2ccccc2)n(-c2ccccc2)n1. The molecule has 0 fully saturated rings. The number of carbonyl (C=O) groups is 1. The molecule has 150 valence electrons. The molecule has 7 heteroatoms. The number of para-hydroxylation sites is 2. The summed E-state index contributed by atoms with van der Waals surface area (Å²) in [5.74, 6) is 0.138. The van der Waals surface area contributed by atoms with Gasteiger partial charge in [-0.1, -0.05) is 66.7 Å². The molecule has 0 atom stereocenters. The lowest BCUT2D eigenvalue weighted by Crippen LogP contribution is -2.19. The molecule has 0 aliphatic carbocycles. The number of carbonyl (C=O) groups excluding carboxylic acids is 1. The number of aromatic nitrogens is 4. The zero-order chi connectivity index (χ0) is 21.0. The van der Waals surface area contributed by atoms with Gasteiger partial charge in [-0.15, -0.1) is 5.10 Å². The molecule has 0 saturated carbocycles. The molecule has 5 rings (SSSR count). The number of hydrazone groups is 1. The normalized spacial score (nSPS) is 11.2. The summed E-state index contributed by atoms with van der Waals surface area (Å²) in [4.78, 5) is 20.3. The maximum Gasteiger partial charge on any atom is 0.311 e. The van der Waals surface area contributed by atoms with Gasteiger partial charge in [0.05, 0.1) is 11.9 Å². The first-order valence-electron chi connectivity index (χ1n) is 9.77. The Morgan fingerprint density at radius 2 is 1.65 bits per heavy atom. The molecule has 7 nitrogen and oxygen atoms in total. The summed E-state index contributed by atoms with van der Waals surface area (Å²) in [7, 11) is 0. The molecule has 31 heavy (non-hydrogen) atoms. The van der Waals surface area contributed by atoms with Crippen LogP contribution < -0.4 is 5.43 Å². The first-order chi connectivity index (χ1) is 15.3. The Morgan fingerprint density at radius 3 is 2.45 bits per heavy atom. The molecule has 0 unspecified atom stereocenters. The van der Waals surface area contributed by atoms with Gasteiger partial charge in [0.2, 0.25) is 5.82 Å². The second kappa shape index (κ2) is 8.08. The number of nitrogens with zero attached hydrogens (tertiary/aromatic N) is 4. The van der Waals surface area contributed by atoms with Crippen LogP contribution in [0.25, 0.3) is 28.0 Å². The minimum Gasteiger partial charge on any atom is -0.361 e. The Bertz CT molecular complexity index is 1310. The lowest BCUT2D eigenvalue weighted by atomic mass is 10.2. The van der Waals surface area contributed by atoms with Crippen molar-refractivity contribution in [2.24, 2.45) is 5.10 Å². The highest BCUT2D eigenvalue weighted by molar-refractivity contribution is 5.99. The maximum absolute atomic E-state index is 12.7. The van der Waals surface area contributed by atoms with Gasteiger partial charge >= 0.3 is 5.91 Å². The van der Waals surface area contributed by atoms with Gasteiger partial charge in [-0.05, 0) is 18.2 Å². The smallest absolute Gasteiger partial charge is 0.311 e. The van der Waals surface area contributed by atoms with E-state index in [0.717, 1.165) is 27.7 Å². The molecule has 0 aliphatic rings. The number of hydrogen-bond acceptors (Lipinski definition) is 4. The van der Waals surface area contributed by atoms with Crippen LogP contribution in [0.2, 0.25) is 0 Å². The van der Waals surface area contributed by atoms with E-state index in [9.17, 15) is 4.79 Å². The second-order valence-electron chi connectivity index (χ2n) is 6.86. The standard InChI is InChI=1S/C24H18N6O/c31-24(28-26-16-18-15-25-21-14-8-7-13-20(18)21)22-27-23(17-9-3-1-4-10-17)30(29-22)19-11-5-2-6-12-19/h1-16,25H,(H,28,31). The van der Waals surface area contributed by atoms with E-state index in [4.69, 9.17) is 0 Å². The summed E-state index contributed by atoms with van der Waals surface area (Å²) in [6, 6.07) is 27.1. The van der Waals surface area contributed by atoms with Crippen LogP contribution in [-0.2, 0) is 0 Å². The molecular weight excluding hydrogens is 388 g/mol. The van der Waals surface area contributed by atoms with Crippen LogP contribution in [0, 0.1) is 0 Å². The van der Waals surface area contributed by atoms with Crippen LogP contribution in [0.3, 0.4) is 0 Å². The number of fused-ring (bicyclic) bond motifs is 1. The monoisotopic (exact) mass is 406 g/mol. The summed E-state index contributed by atoms with van der Waals surface area (Å²) in [6.07, 6.45) is 3.44. The van der Waals surface area contributed by atoms with Crippen molar-refractivity contribution < 1.29 is 4.79 Å². The van der Waals surface area contributed by atoms with E-state index in [1.807, 2.05) is 91.1 Å². The lowest BCUT2D eigenvalue weighted by Gasteiger charge is -2.05. The van der Waals surface area contributed by atoms with Gasteiger partial charge in [0.15, 0.2) is 5.82 Å². The Balaban J connectivity index is 1.43. The van der Waals surface area contributed by atoms with Crippen LogP contribution in [0.1, 0.15) is 16.2 Å². The molecule has 0 saturated heterocycles. The quantitative estimate of drug-likeness (QED) is 0.339. The van der Waals surface area contributed by atoms with Gasteiger partial charge in [-0.3, -0.25) is 4.79 Å². The van der Waals surface area contributed by atoms with Crippen molar-refractivity contribution in [3.8, 4) is 17.1 Å². The van der Waals surface area contributed by atoms with E-state index in [-0.39, 0.29) is 5.82 Å². The van der Waals surface area contributed by atoms with E-state index in [1.54, 1.807) is 10.9 Å². The number of hydrogen-bond donors (Lipinski definition) is 2. The van der Waals surface area contributed by atoms with Gasteiger partial charge in [-0.2, -0.15) is 5.10 Å². The van der Waals surface area contributed by atoms with Crippen molar-refractivity contribution in [1.29, 1.82) is 0 Å². The third-order valence-electron chi connectivity index (χ3n) is 4.83. The Hall–Kier alpha value is -4.52. The van der Waals surface area contributed by atoms with Crippen molar-refractivity contribution in [2.75, 3.05) is 0 Å². The number of rotatable bonds is 5. The van der Waals surface area contributed by atoms with E-state index in [2.05, 4.69) is 25.6 Å². The zero-order valence-electron chi connectivity index (χ0n) is 16.4. The molecule has 2 N–H and O–H groups in total. The van der Waals surface area contributed by atoms with Crippen LogP contribution in [0.15, 0.2) is 96.2 Å². The summed E-state index contributed by atoms with van der Waals surface area (Å²) < 4.78 is 1.66. The molecule has 0 bridgehead atoms. The largest absolute Gasteiger partial charge is 0.361 e. The van der Waals surface area contributed by atoms with Crippen molar-refractivity contribution >= 4 is 23.0 Å². The summed E-state index contributed by atoms with van der Waals surface area (Å²) in [5, 5.41) is 9.55. The van der Waals surface area contributed by atoms with Gasteiger partial charge in [0, 0.05) is 28.2 Å². The first-order valence-corrected chi connectivity index (χ1v) is 9.77. The van der Waals surface area contributed by atoms with E-state index < -0.39 is 5.91 Å². The molecule has 0 spiro atoms. The van der Waals surface area contributed by atoms with Crippen molar-refractivity contribution in [3.05, 3.63) is 103 Å². The minimum absolute atomic E-state index is 0.0405. The predicted octanol–water partition coefficient (Wildman–Crippen LogP) is 4.18. The number of amides is 1. The summed E-state index contributed by atoms with van der Waals surface area (Å²) in [5.41, 5.74) is 6.08. The molecule has 5 aromatic rings. The summed E-state index contributed by atoms with van der Waals surface area (Å²) >= 11 is 0. The highest BCUT2D eigenvalue weighted by Crippen LogP contribution is 2.21. The number of benzene rings is 3. The highest BCUT2D eigenvalue weighted by atomic mass is 16.2. The van der Waals surface area contributed by atoms with Crippen LogP contribution in [0.4, 0.5) is 0 Å². The number of H-pyrrole nitrogens is 1. The molecule has 2 heterocycles. The topological polar surface area (TPSA) is 88.0 Å². The fourth-order valence-corrected chi connectivity index (χ4v) is 3.34. The van der Waals surface area contributed by atoms with Crippen LogP contribution >= 0.6 is 0 Å². The summed E-state index contributed by atoms with van der Waals surface area (Å²) in [6.45, 7) is 0. The Labute approximate surface area is 178 Å². The lowest BCUT2D eigenvalue weighted by molar-refractivity contribution is 0.0945. The van der Waals surface area contributed by atoms with E-state index in [1.165, 1.54) is 0 Å². The molecule has 0 radical (unpaired) electrons. The molecular formula is C24H18N6O. The molecule has 3 aromatic carbocycles. The first kappa shape index (κ1) is 18.5. The average Bonchev–Trinajstić information content (AvgIpc) is 3.45. The number of aromatic amines is 1. The van der Waals surface area contributed by atoms with Crippen molar-refractivity contribution in [3.63, 3.8) is 0 Å². The van der Waals surface area contributed by atoms with Gasteiger partial charge in [0.25, 0.3) is 0 Å². The Kier molecular flexibility index (Phi) is 4.82. The van der Waals surface area contributed by atoms with Crippen molar-refractivity contribution in [1.82, 2.24) is 25.2 Å². The third kappa shape index (κ3) is 3.72. The predicted molar refractivity (Wildman–Crippen MR) is 120 cm³/mol. The van der Waals surface area contributed by atoms with Gasteiger partial charge in [0.1, 0.15) is 0 Å². The van der Waals surface area contributed by atoms with E-state index >= 15 is 0 Å².